The molecule has 2 aliphatic rings. The quantitative estimate of drug-likeness (QED) is 0.761. The number of hydrogen-bond donors (Lipinski definition) is 2. The van der Waals surface area contributed by atoms with E-state index in [0.29, 0.717) is 25.0 Å². The summed E-state index contributed by atoms with van der Waals surface area (Å²) in [6.07, 6.45) is 5.49. The summed E-state index contributed by atoms with van der Waals surface area (Å²) in [6, 6.07) is 1.34. The van der Waals surface area contributed by atoms with Gasteiger partial charge in [0.2, 0.25) is 5.91 Å². The molecule has 2 fully saturated rings. The van der Waals surface area contributed by atoms with Gasteiger partial charge in [0, 0.05) is 50.7 Å². The molecule has 1 amide bonds. The third-order valence-corrected chi connectivity index (χ3v) is 4.97. The van der Waals surface area contributed by atoms with Gasteiger partial charge in [0.15, 0.2) is 0 Å². The number of carbonyl (C=O) groups is 1. The lowest BCUT2D eigenvalue weighted by molar-refractivity contribution is -0.123. The van der Waals surface area contributed by atoms with Crippen molar-refractivity contribution in [1.29, 1.82) is 0 Å². The molecule has 2 rings (SSSR count). The highest BCUT2D eigenvalue weighted by Gasteiger charge is 2.36. The summed E-state index contributed by atoms with van der Waals surface area (Å²) in [5, 5.41) is 2.98. The zero-order valence-corrected chi connectivity index (χ0v) is 13.7. The van der Waals surface area contributed by atoms with Gasteiger partial charge in [-0.3, -0.25) is 14.6 Å². The van der Waals surface area contributed by atoms with Crippen molar-refractivity contribution in [3.05, 3.63) is 0 Å². The van der Waals surface area contributed by atoms with E-state index in [0.717, 1.165) is 26.1 Å². The molecule has 122 valence electrons. The molecule has 2 heterocycles. The molecular weight excluding hydrogens is 264 g/mol. The SMILES string of the molecule is CCCNC(=O)CC(CN)N1CC2CCCCN2CC1C. The number of rotatable bonds is 6. The summed E-state index contributed by atoms with van der Waals surface area (Å²) in [5.41, 5.74) is 5.98. The molecule has 0 aromatic heterocycles. The molecule has 3 N–H and O–H groups in total. The molecule has 3 atom stereocenters. The summed E-state index contributed by atoms with van der Waals surface area (Å²) in [7, 11) is 0. The predicted octanol–water partition coefficient (Wildman–Crippen LogP) is 0.789. The van der Waals surface area contributed by atoms with Crippen LogP contribution in [0, 0.1) is 0 Å². The van der Waals surface area contributed by atoms with E-state index in [-0.39, 0.29) is 11.9 Å². The fourth-order valence-electron chi connectivity index (χ4n) is 3.77. The van der Waals surface area contributed by atoms with E-state index in [2.05, 4.69) is 29.0 Å². The highest BCUT2D eigenvalue weighted by molar-refractivity contribution is 5.76. The first-order valence-corrected chi connectivity index (χ1v) is 8.62. The third-order valence-electron chi connectivity index (χ3n) is 4.97. The van der Waals surface area contributed by atoms with Crippen LogP contribution in [0.15, 0.2) is 0 Å². The molecule has 0 bridgehead atoms. The molecule has 5 heteroatoms. The zero-order valence-electron chi connectivity index (χ0n) is 13.7. The van der Waals surface area contributed by atoms with E-state index >= 15 is 0 Å². The molecule has 21 heavy (non-hydrogen) atoms. The van der Waals surface area contributed by atoms with Gasteiger partial charge in [-0.05, 0) is 32.7 Å². The van der Waals surface area contributed by atoms with Crippen molar-refractivity contribution in [1.82, 2.24) is 15.1 Å². The van der Waals surface area contributed by atoms with Crippen LogP contribution in [0.4, 0.5) is 0 Å². The highest BCUT2D eigenvalue weighted by Crippen LogP contribution is 2.25. The van der Waals surface area contributed by atoms with Gasteiger partial charge in [0.25, 0.3) is 0 Å². The van der Waals surface area contributed by atoms with Crippen molar-refractivity contribution in [2.75, 3.05) is 32.7 Å². The predicted molar refractivity (Wildman–Crippen MR) is 86.1 cm³/mol. The monoisotopic (exact) mass is 296 g/mol. The van der Waals surface area contributed by atoms with Crippen LogP contribution in [0.25, 0.3) is 0 Å². The number of fused-ring (bicyclic) bond motifs is 1. The van der Waals surface area contributed by atoms with Crippen LogP contribution in [-0.4, -0.2) is 66.6 Å². The van der Waals surface area contributed by atoms with E-state index in [1.807, 2.05) is 0 Å². The number of nitrogens with two attached hydrogens (primary N) is 1. The summed E-state index contributed by atoms with van der Waals surface area (Å²) >= 11 is 0. The van der Waals surface area contributed by atoms with Crippen LogP contribution in [0.1, 0.15) is 46.0 Å². The van der Waals surface area contributed by atoms with Crippen LogP contribution >= 0.6 is 0 Å². The molecular formula is C16H32N4O. The van der Waals surface area contributed by atoms with E-state index < -0.39 is 0 Å². The molecule has 0 radical (unpaired) electrons. The summed E-state index contributed by atoms with van der Waals surface area (Å²) in [4.78, 5) is 17.1. The summed E-state index contributed by atoms with van der Waals surface area (Å²) in [6.45, 7) is 9.12. The second-order valence-electron chi connectivity index (χ2n) is 6.63. The molecule has 3 unspecified atom stereocenters. The first kappa shape index (κ1) is 16.7. The van der Waals surface area contributed by atoms with Gasteiger partial charge in [-0.15, -0.1) is 0 Å². The van der Waals surface area contributed by atoms with Crippen molar-refractivity contribution in [2.45, 2.75) is 64.1 Å². The van der Waals surface area contributed by atoms with Crippen molar-refractivity contribution >= 4 is 5.91 Å². The first-order chi connectivity index (χ1) is 10.2. The molecule has 0 spiro atoms. The Morgan fingerprint density at radius 1 is 1.38 bits per heavy atom. The number of carbonyl (C=O) groups excluding carboxylic acids is 1. The van der Waals surface area contributed by atoms with E-state index in [1.54, 1.807) is 0 Å². The van der Waals surface area contributed by atoms with Crippen LogP contribution in [0.2, 0.25) is 0 Å². The Labute approximate surface area is 129 Å². The Kier molecular flexibility index (Phi) is 6.45. The lowest BCUT2D eigenvalue weighted by Gasteiger charge is -2.49. The maximum absolute atomic E-state index is 12.0. The Bertz CT molecular complexity index is 336. The third kappa shape index (κ3) is 4.41. The van der Waals surface area contributed by atoms with E-state index in [9.17, 15) is 4.79 Å². The Morgan fingerprint density at radius 2 is 2.19 bits per heavy atom. The number of piperidine rings is 1. The van der Waals surface area contributed by atoms with Gasteiger partial charge >= 0.3 is 0 Å². The van der Waals surface area contributed by atoms with Crippen LogP contribution in [-0.2, 0) is 4.79 Å². The van der Waals surface area contributed by atoms with Gasteiger partial charge in [-0.2, -0.15) is 0 Å². The average Bonchev–Trinajstić information content (AvgIpc) is 2.50. The fourth-order valence-corrected chi connectivity index (χ4v) is 3.77. The molecule has 0 saturated carbocycles. The van der Waals surface area contributed by atoms with Crippen LogP contribution in [0.5, 0.6) is 0 Å². The smallest absolute Gasteiger partial charge is 0.221 e. The lowest BCUT2D eigenvalue weighted by Crippen LogP contribution is -2.62. The molecule has 2 saturated heterocycles. The van der Waals surface area contributed by atoms with Crippen molar-refractivity contribution in [3.63, 3.8) is 0 Å². The minimum Gasteiger partial charge on any atom is -0.356 e. The van der Waals surface area contributed by atoms with Crippen molar-refractivity contribution in [3.8, 4) is 0 Å². The second kappa shape index (κ2) is 8.11. The number of amides is 1. The minimum absolute atomic E-state index is 0.144. The normalized spacial score (nSPS) is 28.9. The first-order valence-electron chi connectivity index (χ1n) is 8.62. The minimum atomic E-state index is 0.144. The largest absolute Gasteiger partial charge is 0.356 e. The summed E-state index contributed by atoms with van der Waals surface area (Å²) < 4.78 is 0. The van der Waals surface area contributed by atoms with Gasteiger partial charge < -0.3 is 11.1 Å². The number of hydrogen-bond acceptors (Lipinski definition) is 4. The molecule has 0 aromatic carbocycles. The van der Waals surface area contributed by atoms with E-state index in [1.165, 1.54) is 25.8 Å². The van der Waals surface area contributed by atoms with Gasteiger partial charge in [0.05, 0.1) is 0 Å². The van der Waals surface area contributed by atoms with Crippen molar-refractivity contribution in [2.24, 2.45) is 5.73 Å². The molecule has 5 nitrogen and oxygen atoms in total. The molecule has 2 aliphatic heterocycles. The van der Waals surface area contributed by atoms with Gasteiger partial charge in [-0.25, -0.2) is 0 Å². The van der Waals surface area contributed by atoms with Crippen LogP contribution < -0.4 is 11.1 Å². The topological polar surface area (TPSA) is 61.6 Å². The standard InChI is InChI=1S/C16H32N4O/c1-3-7-18-16(21)9-15(10-17)20-12-14-6-4-5-8-19(14)11-13(20)2/h13-15H,3-12,17H2,1-2H3,(H,18,21). The van der Waals surface area contributed by atoms with Gasteiger partial charge in [-0.1, -0.05) is 13.3 Å². The van der Waals surface area contributed by atoms with Crippen molar-refractivity contribution < 1.29 is 4.79 Å². The fraction of sp³-hybridized carbons (Fsp3) is 0.938. The maximum atomic E-state index is 12.0. The van der Waals surface area contributed by atoms with E-state index in [4.69, 9.17) is 5.73 Å². The second-order valence-corrected chi connectivity index (χ2v) is 6.63. The molecule has 0 aromatic rings. The zero-order chi connectivity index (χ0) is 15.2. The Morgan fingerprint density at radius 3 is 2.90 bits per heavy atom. The highest BCUT2D eigenvalue weighted by atomic mass is 16.1. The van der Waals surface area contributed by atoms with Gasteiger partial charge in [0.1, 0.15) is 0 Å². The number of piperazine rings is 1. The average molecular weight is 296 g/mol. The number of nitrogens with one attached hydrogen (secondary N) is 1. The van der Waals surface area contributed by atoms with Crippen LogP contribution in [0.3, 0.4) is 0 Å². The lowest BCUT2D eigenvalue weighted by atomic mass is 9.95. The molecule has 0 aliphatic carbocycles. The number of nitrogens with zero attached hydrogens (tertiary/aromatic N) is 2. The Balaban J connectivity index is 1.92. The Hall–Kier alpha value is -0.650. The summed E-state index contributed by atoms with van der Waals surface area (Å²) in [5.74, 6) is 0.144. The maximum Gasteiger partial charge on any atom is 0.221 e.